The number of rotatable bonds is 6. The first-order valence-electron chi connectivity index (χ1n) is 8.88. The molecule has 2 aromatic rings. The lowest BCUT2D eigenvalue weighted by Crippen LogP contribution is -2.30. The maximum absolute atomic E-state index is 12.7. The molecular formula is C20H21NO8. The van der Waals surface area contributed by atoms with Gasteiger partial charge in [0.2, 0.25) is 5.75 Å². The van der Waals surface area contributed by atoms with E-state index in [1.165, 1.54) is 27.5 Å². The molecule has 0 fully saturated rings. The second-order valence-electron chi connectivity index (χ2n) is 6.15. The van der Waals surface area contributed by atoms with Crippen molar-refractivity contribution in [3.8, 4) is 23.0 Å². The number of H-pyrrole nitrogens is 1. The van der Waals surface area contributed by atoms with Crippen molar-refractivity contribution in [2.45, 2.75) is 19.3 Å². The third kappa shape index (κ3) is 3.51. The predicted molar refractivity (Wildman–Crippen MR) is 101 cm³/mol. The molecule has 1 N–H and O–H groups in total. The van der Waals surface area contributed by atoms with Gasteiger partial charge in [0.25, 0.3) is 5.56 Å². The number of esters is 2. The molecule has 1 aliphatic rings. The number of pyridine rings is 1. The molecule has 154 valence electrons. The van der Waals surface area contributed by atoms with E-state index in [4.69, 9.17) is 23.7 Å². The Balaban J connectivity index is 2.25. The van der Waals surface area contributed by atoms with Gasteiger partial charge in [-0.3, -0.25) is 9.59 Å². The average Bonchev–Trinajstić information content (AvgIpc) is 2.72. The van der Waals surface area contributed by atoms with Crippen molar-refractivity contribution in [1.82, 2.24) is 4.98 Å². The summed E-state index contributed by atoms with van der Waals surface area (Å²) in [7, 11) is 4.39. The highest BCUT2D eigenvalue weighted by atomic mass is 16.6. The van der Waals surface area contributed by atoms with Gasteiger partial charge in [0, 0.05) is 17.7 Å². The molecule has 29 heavy (non-hydrogen) atoms. The van der Waals surface area contributed by atoms with E-state index in [2.05, 4.69) is 4.98 Å². The van der Waals surface area contributed by atoms with E-state index in [0.29, 0.717) is 22.8 Å². The van der Waals surface area contributed by atoms with Crippen LogP contribution in [0.3, 0.4) is 0 Å². The van der Waals surface area contributed by atoms with E-state index in [9.17, 15) is 14.4 Å². The van der Waals surface area contributed by atoms with Crippen LogP contribution in [-0.4, -0.2) is 44.9 Å². The van der Waals surface area contributed by atoms with Crippen LogP contribution in [0, 0.1) is 0 Å². The Bertz CT molecular complexity index is 1010. The van der Waals surface area contributed by atoms with Crippen LogP contribution >= 0.6 is 0 Å². The molecule has 3 rings (SSSR count). The Morgan fingerprint density at radius 1 is 1.14 bits per heavy atom. The number of carbonyl (C=O) groups is 2. The van der Waals surface area contributed by atoms with Gasteiger partial charge in [-0.15, -0.1) is 0 Å². The van der Waals surface area contributed by atoms with E-state index in [-0.39, 0.29) is 29.9 Å². The first-order valence-corrected chi connectivity index (χ1v) is 8.88. The summed E-state index contributed by atoms with van der Waals surface area (Å²) in [5, 5.41) is 0. The summed E-state index contributed by atoms with van der Waals surface area (Å²) in [6, 6.07) is 3.34. The van der Waals surface area contributed by atoms with E-state index >= 15 is 0 Å². The Morgan fingerprint density at radius 2 is 1.86 bits per heavy atom. The fourth-order valence-corrected chi connectivity index (χ4v) is 3.40. The number of hydrogen-bond donors (Lipinski definition) is 1. The van der Waals surface area contributed by atoms with Crippen molar-refractivity contribution in [3.63, 3.8) is 0 Å². The van der Waals surface area contributed by atoms with Gasteiger partial charge in [-0.05, 0) is 13.0 Å². The monoisotopic (exact) mass is 403 g/mol. The number of fused-ring (bicyclic) bond motifs is 1. The van der Waals surface area contributed by atoms with Crippen LogP contribution in [0.25, 0.3) is 0 Å². The number of methoxy groups -OCH3 is 3. The first kappa shape index (κ1) is 20.2. The van der Waals surface area contributed by atoms with Crippen molar-refractivity contribution in [1.29, 1.82) is 0 Å². The summed E-state index contributed by atoms with van der Waals surface area (Å²) in [5.41, 5.74) is 0.150. The van der Waals surface area contributed by atoms with Crippen LogP contribution < -0.4 is 24.5 Å². The van der Waals surface area contributed by atoms with Gasteiger partial charge < -0.3 is 28.7 Å². The van der Waals surface area contributed by atoms with Gasteiger partial charge >= 0.3 is 11.9 Å². The van der Waals surface area contributed by atoms with Gasteiger partial charge in [-0.2, -0.15) is 0 Å². The van der Waals surface area contributed by atoms with Crippen LogP contribution in [0.4, 0.5) is 0 Å². The quantitative estimate of drug-likeness (QED) is 0.729. The summed E-state index contributed by atoms with van der Waals surface area (Å²) in [4.78, 5) is 39.8. The van der Waals surface area contributed by atoms with E-state index in [1.807, 2.05) is 0 Å². The molecule has 0 bridgehead atoms. The largest absolute Gasteiger partial charge is 0.493 e. The second kappa shape index (κ2) is 8.26. The molecular weight excluding hydrogens is 382 g/mol. The molecule has 1 atom stereocenters. The minimum atomic E-state index is -0.723. The van der Waals surface area contributed by atoms with Gasteiger partial charge in [0.1, 0.15) is 5.56 Å². The first-order chi connectivity index (χ1) is 14.0. The molecule has 2 heterocycles. The summed E-state index contributed by atoms with van der Waals surface area (Å²) in [6.07, 6.45) is 1.06. The highest BCUT2D eigenvalue weighted by molar-refractivity contribution is 5.94. The molecule has 0 spiro atoms. The molecule has 9 nitrogen and oxygen atoms in total. The Kier molecular flexibility index (Phi) is 5.76. The molecule has 1 aliphatic heterocycles. The topological polar surface area (TPSA) is 113 Å². The Hall–Kier alpha value is -3.49. The van der Waals surface area contributed by atoms with Crippen LogP contribution in [0.15, 0.2) is 23.1 Å². The van der Waals surface area contributed by atoms with E-state index in [1.54, 1.807) is 19.1 Å². The molecule has 0 aliphatic carbocycles. The lowest BCUT2D eigenvalue weighted by molar-refractivity contribution is -0.135. The molecule has 0 unspecified atom stereocenters. The van der Waals surface area contributed by atoms with Crippen molar-refractivity contribution in [2.75, 3.05) is 27.9 Å². The van der Waals surface area contributed by atoms with Crippen LogP contribution in [0.5, 0.6) is 23.0 Å². The van der Waals surface area contributed by atoms with Crippen molar-refractivity contribution in [3.05, 3.63) is 45.4 Å². The van der Waals surface area contributed by atoms with Crippen molar-refractivity contribution >= 4 is 11.9 Å². The number of carbonyl (C=O) groups excluding carboxylic acids is 2. The maximum Gasteiger partial charge on any atom is 0.343 e. The fraction of sp³-hybridized carbons (Fsp3) is 0.350. The normalized spacial score (nSPS) is 15.2. The van der Waals surface area contributed by atoms with Crippen molar-refractivity contribution < 1.29 is 33.3 Å². The number of nitrogens with one attached hydrogen (secondary N) is 1. The molecule has 0 saturated heterocycles. The molecule has 0 amide bonds. The highest BCUT2D eigenvalue weighted by Gasteiger charge is 2.37. The molecule has 9 heteroatoms. The number of aromatic amines is 1. The summed E-state index contributed by atoms with van der Waals surface area (Å²) >= 11 is 0. The van der Waals surface area contributed by atoms with Gasteiger partial charge in [-0.25, -0.2) is 4.79 Å². The third-order valence-electron chi connectivity index (χ3n) is 4.62. The summed E-state index contributed by atoms with van der Waals surface area (Å²) in [6.45, 7) is 1.78. The highest BCUT2D eigenvalue weighted by Crippen LogP contribution is 2.47. The number of aromatic nitrogens is 1. The number of benzene rings is 1. The van der Waals surface area contributed by atoms with Gasteiger partial charge in [-0.1, -0.05) is 6.07 Å². The van der Waals surface area contributed by atoms with Crippen LogP contribution in [-0.2, 0) is 9.53 Å². The van der Waals surface area contributed by atoms with Crippen LogP contribution in [0.1, 0.15) is 40.7 Å². The SMILES string of the molecule is CCOC(=O)c1c[nH]c(=O)c2c1OC(=O)C[C@H]2c1ccc(OC)c(OC)c1OC. The lowest BCUT2D eigenvalue weighted by Gasteiger charge is -2.27. The summed E-state index contributed by atoms with van der Waals surface area (Å²) < 4.78 is 26.5. The zero-order valence-corrected chi connectivity index (χ0v) is 16.5. The second-order valence-corrected chi connectivity index (χ2v) is 6.15. The average molecular weight is 403 g/mol. The van der Waals surface area contributed by atoms with Crippen LogP contribution in [0.2, 0.25) is 0 Å². The lowest BCUT2D eigenvalue weighted by atomic mass is 9.85. The molecule has 1 aromatic carbocycles. The Labute approximate surface area is 166 Å². The smallest absolute Gasteiger partial charge is 0.343 e. The maximum atomic E-state index is 12.7. The number of hydrogen-bond acceptors (Lipinski definition) is 8. The predicted octanol–water partition coefficient (Wildman–Crippen LogP) is 2.02. The fourth-order valence-electron chi connectivity index (χ4n) is 3.40. The standard InChI is InChI=1S/C20H21NO8/c1-5-28-20(24)12-9-21-19(23)15-11(8-14(22)29-16(12)15)10-6-7-13(25-2)18(27-4)17(10)26-3/h6-7,9,11H,5,8H2,1-4H3,(H,21,23)/t11-/m0/s1. The summed E-state index contributed by atoms with van der Waals surface area (Å²) in [5.74, 6) is -1.04. The Morgan fingerprint density at radius 3 is 2.48 bits per heavy atom. The van der Waals surface area contributed by atoms with E-state index in [0.717, 1.165) is 0 Å². The third-order valence-corrected chi connectivity index (χ3v) is 4.62. The van der Waals surface area contributed by atoms with Gasteiger partial charge in [0.15, 0.2) is 17.2 Å². The minimum absolute atomic E-state index is 0.0288. The zero-order chi connectivity index (χ0) is 21.1. The minimum Gasteiger partial charge on any atom is -0.493 e. The van der Waals surface area contributed by atoms with E-state index < -0.39 is 23.4 Å². The van der Waals surface area contributed by atoms with Crippen molar-refractivity contribution in [2.24, 2.45) is 0 Å². The zero-order valence-electron chi connectivity index (χ0n) is 16.5. The molecule has 1 aromatic heterocycles. The molecule has 0 radical (unpaired) electrons. The molecule has 0 saturated carbocycles. The van der Waals surface area contributed by atoms with Gasteiger partial charge in [0.05, 0.1) is 39.9 Å². The number of ether oxygens (including phenoxy) is 5.